The first-order valence-corrected chi connectivity index (χ1v) is 7.54. The molecule has 19 heavy (non-hydrogen) atoms. The van der Waals surface area contributed by atoms with E-state index in [0.29, 0.717) is 0 Å². The minimum atomic E-state index is -0.222. The standard InChI is InChI=1S/C15H18N2OS/c18-15-5-7-17(11-13-4-2-8-19-13)14(15)9-12-3-1-6-16-10-12/h1-4,6,8,10,14-15,18H,5,7,9,11H2/t14-,15-/m0/s1. The Bertz CT molecular complexity index is 500. The van der Waals surface area contributed by atoms with Crippen molar-refractivity contribution in [2.45, 2.75) is 31.5 Å². The molecule has 3 rings (SSSR count). The summed E-state index contributed by atoms with van der Waals surface area (Å²) >= 11 is 1.78. The van der Waals surface area contributed by atoms with Crippen molar-refractivity contribution in [2.24, 2.45) is 0 Å². The van der Waals surface area contributed by atoms with Crippen LogP contribution in [0.2, 0.25) is 0 Å². The van der Waals surface area contributed by atoms with Gasteiger partial charge in [0.1, 0.15) is 0 Å². The van der Waals surface area contributed by atoms with Gasteiger partial charge >= 0.3 is 0 Å². The highest BCUT2D eigenvalue weighted by Gasteiger charge is 2.32. The Balaban J connectivity index is 1.70. The number of aliphatic hydroxyl groups excluding tert-OH is 1. The first-order chi connectivity index (χ1) is 9.33. The summed E-state index contributed by atoms with van der Waals surface area (Å²) in [6.45, 7) is 1.92. The summed E-state index contributed by atoms with van der Waals surface area (Å²) in [5.41, 5.74) is 1.20. The minimum Gasteiger partial charge on any atom is -0.391 e. The van der Waals surface area contributed by atoms with Crippen molar-refractivity contribution in [1.82, 2.24) is 9.88 Å². The van der Waals surface area contributed by atoms with E-state index in [2.05, 4.69) is 33.5 Å². The molecule has 3 nitrogen and oxygen atoms in total. The number of rotatable bonds is 4. The maximum Gasteiger partial charge on any atom is 0.0710 e. The molecule has 4 heteroatoms. The quantitative estimate of drug-likeness (QED) is 0.929. The molecule has 0 aromatic carbocycles. The van der Waals surface area contributed by atoms with Crippen LogP contribution >= 0.6 is 11.3 Å². The van der Waals surface area contributed by atoms with Gasteiger partial charge in [0.25, 0.3) is 0 Å². The van der Waals surface area contributed by atoms with Gasteiger partial charge in [-0.15, -0.1) is 11.3 Å². The van der Waals surface area contributed by atoms with Gasteiger partial charge in [-0.05, 0) is 35.9 Å². The molecular formula is C15H18N2OS. The molecule has 0 radical (unpaired) electrons. The van der Waals surface area contributed by atoms with Crippen molar-refractivity contribution in [2.75, 3.05) is 6.54 Å². The summed E-state index contributed by atoms with van der Waals surface area (Å²) in [6, 6.07) is 8.51. The van der Waals surface area contributed by atoms with Crippen molar-refractivity contribution in [3.63, 3.8) is 0 Å². The molecule has 100 valence electrons. The summed E-state index contributed by atoms with van der Waals surface area (Å²) < 4.78 is 0. The topological polar surface area (TPSA) is 36.4 Å². The lowest BCUT2D eigenvalue weighted by Crippen LogP contribution is -2.36. The van der Waals surface area contributed by atoms with Crippen LogP contribution in [0.4, 0.5) is 0 Å². The third-order valence-electron chi connectivity index (χ3n) is 3.73. The van der Waals surface area contributed by atoms with E-state index in [4.69, 9.17) is 0 Å². The van der Waals surface area contributed by atoms with Crippen LogP contribution in [0.5, 0.6) is 0 Å². The molecule has 1 saturated heterocycles. The number of hydrogen-bond acceptors (Lipinski definition) is 4. The Morgan fingerprint density at radius 2 is 2.32 bits per heavy atom. The fourth-order valence-corrected chi connectivity index (χ4v) is 3.45. The molecule has 0 unspecified atom stereocenters. The van der Waals surface area contributed by atoms with E-state index < -0.39 is 0 Å². The zero-order valence-corrected chi connectivity index (χ0v) is 11.6. The summed E-state index contributed by atoms with van der Waals surface area (Å²) in [6.07, 6.45) is 5.21. The molecule has 1 aliphatic heterocycles. The van der Waals surface area contributed by atoms with Gasteiger partial charge in [-0.1, -0.05) is 12.1 Å². The Morgan fingerprint density at radius 1 is 1.37 bits per heavy atom. The Hall–Kier alpha value is -1.23. The minimum absolute atomic E-state index is 0.214. The monoisotopic (exact) mass is 274 g/mol. The lowest BCUT2D eigenvalue weighted by Gasteiger charge is -2.25. The van der Waals surface area contributed by atoms with E-state index in [1.54, 1.807) is 17.5 Å². The van der Waals surface area contributed by atoms with Crippen molar-refractivity contribution in [1.29, 1.82) is 0 Å². The third kappa shape index (κ3) is 3.03. The molecule has 2 aromatic rings. The van der Waals surface area contributed by atoms with Crippen molar-refractivity contribution < 1.29 is 5.11 Å². The summed E-state index contributed by atoms with van der Waals surface area (Å²) in [5, 5.41) is 12.3. The predicted molar refractivity (Wildman–Crippen MR) is 77.1 cm³/mol. The summed E-state index contributed by atoms with van der Waals surface area (Å²) in [4.78, 5) is 7.91. The van der Waals surface area contributed by atoms with Gasteiger partial charge in [-0.3, -0.25) is 9.88 Å². The van der Waals surface area contributed by atoms with E-state index in [-0.39, 0.29) is 12.1 Å². The molecular weight excluding hydrogens is 256 g/mol. The molecule has 0 amide bonds. The number of nitrogens with zero attached hydrogens (tertiary/aromatic N) is 2. The van der Waals surface area contributed by atoms with Crippen molar-refractivity contribution in [3.8, 4) is 0 Å². The van der Waals surface area contributed by atoms with Crippen LogP contribution in [0.25, 0.3) is 0 Å². The third-order valence-corrected chi connectivity index (χ3v) is 4.59. The van der Waals surface area contributed by atoms with Crippen LogP contribution in [-0.2, 0) is 13.0 Å². The van der Waals surface area contributed by atoms with Gasteiger partial charge in [0.15, 0.2) is 0 Å². The number of hydrogen-bond donors (Lipinski definition) is 1. The molecule has 2 atom stereocenters. The summed E-state index contributed by atoms with van der Waals surface area (Å²) in [5.74, 6) is 0. The molecule has 1 fully saturated rings. The second-order valence-electron chi connectivity index (χ2n) is 5.04. The molecule has 1 N–H and O–H groups in total. The van der Waals surface area contributed by atoms with Gasteiger partial charge in [-0.2, -0.15) is 0 Å². The van der Waals surface area contributed by atoms with E-state index in [1.165, 1.54) is 10.4 Å². The molecule has 2 aromatic heterocycles. The first kappa shape index (κ1) is 12.8. The van der Waals surface area contributed by atoms with Crippen LogP contribution < -0.4 is 0 Å². The SMILES string of the molecule is O[C@H]1CCN(Cc2cccs2)[C@H]1Cc1cccnc1. The zero-order valence-electron chi connectivity index (χ0n) is 10.8. The zero-order chi connectivity index (χ0) is 13.1. The lowest BCUT2D eigenvalue weighted by molar-refractivity contribution is 0.113. The number of aliphatic hydroxyl groups is 1. The molecule has 0 aliphatic carbocycles. The average Bonchev–Trinajstić information content (AvgIpc) is 3.05. The molecule has 1 aliphatic rings. The molecule has 3 heterocycles. The number of aromatic nitrogens is 1. The van der Waals surface area contributed by atoms with E-state index in [0.717, 1.165) is 25.9 Å². The fourth-order valence-electron chi connectivity index (χ4n) is 2.72. The number of likely N-dealkylation sites (tertiary alicyclic amines) is 1. The fraction of sp³-hybridized carbons (Fsp3) is 0.400. The van der Waals surface area contributed by atoms with Crippen LogP contribution in [0.15, 0.2) is 42.0 Å². The Morgan fingerprint density at radius 3 is 3.05 bits per heavy atom. The first-order valence-electron chi connectivity index (χ1n) is 6.66. The second-order valence-corrected chi connectivity index (χ2v) is 6.07. The Labute approximate surface area is 117 Å². The molecule has 0 saturated carbocycles. The highest BCUT2D eigenvalue weighted by atomic mass is 32.1. The molecule has 0 spiro atoms. The van der Waals surface area contributed by atoms with Gasteiger partial charge in [0, 0.05) is 36.4 Å². The molecule has 0 bridgehead atoms. The highest BCUT2D eigenvalue weighted by Crippen LogP contribution is 2.25. The summed E-state index contributed by atoms with van der Waals surface area (Å²) in [7, 11) is 0. The normalized spacial score (nSPS) is 23.8. The van der Waals surface area contributed by atoms with Crippen molar-refractivity contribution >= 4 is 11.3 Å². The van der Waals surface area contributed by atoms with Gasteiger partial charge < -0.3 is 5.11 Å². The highest BCUT2D eigenvalue weighted by molar-refractivity contribution is 7.09. The number of thiophene rings is 1. The van der Waals surface area contributed by atoms with Gasteiger partial charge in [0.2, 0.25) is 0 Å². The van der Waals surface area contributed by atoms with E-state index in [9.17, 15) is 5.11 Å². The van der Waals surface area contributed by atoms with Crippen LogP contribution in [0, 0.1) is 0 Å². The van der Waals surface area contributed by atoms with Crippen molar-refractivity contribution in [3.05, 3.63) is 52.5 Å². The van der Waals surface area contributed by atoms with Gasteiger partial charge in [0.05, 0.1) is 6.10 Å². The lowest BCUT2D eigenvalue weighted by atomic mass is 10.0. The van der Waals surface area contributed by atoms with Crippen LogP contribution in [0.3, 0.4) is 0 Å². The maximum absolute atomic E-state index is 10.2. The van der Waals surface area contributed by atoms with Crippen LogP contribution in [-0.4, -0.2) is 33.7 Å². The maximum atomic E-state index is 10.2. The number of pyridine rings is 1. The predicted octanol–water partition coefficient (Wildman–Crippen LogP) is 2.32. The average molecular weight is 274 g/mol. The van der Waals surface area contributed by atoms with Crippen LogP contribution in [0.1, 0.15) is 16.9 Å². The van der Waals surface area contributed by atoms with Gasteiger partial charge in [-0.25, -0.2) is 0 Å². The second kappa shape index (κ2) is 5.82. The smallest absolute Gasteiger partial charge is 0.0710 e. The van der Waals surface area contributed by atoms with E-state index >= 15 is 0 Å². The van der Waals surface area contributed by atoms with E-state index in [1.807, 2.05) is 12.3 Å². The largest absolute Gasteiger partial charge is 0.391 e. The Kier molecular flexibility index (Phi) is 3.92.